The van der Waals surface area contributed by atoms with Crippen molar-refractivity contribution in [2.24, 2.45) is 35.5 Å². The van der Waals surface area contributed by atoms with Gasteiger partial charge in [0.25, 0.3) is 0 Å². The minimum Gasteiger partial charge on any atom is -0.324 e. The van der Waals surface area contributed by atoms with E-state index in [2.05, 4.69) is 17.5 Å². The number of allylic oxidation sites excluding steroid dienone is 2. The molecule has 1 N–H and O–H groups in total. The van der Waals surface area contributed by atoms with Crippen molar-refractivity contribution >= 4 is 23.4 Å². The molecule has 140 valence electrons. The van der Waals surface area contributed by atoms with Crippen LogP contribution in [0.2, 0.25) is 0 Å². The molecule has 0 radical (unpaired) electrons. The SMILES string of the molecule is Cc1ccc(C)c(NC(=O)[C@H](C)N2C(=O)[C@@H]3[C@H]4C=C[C@@H]([C@@H]5C[C@H]45)[C@H]3C2=O)c1. The van der Waals surface area contributed by atoms with E-state index in [1.807, 2.05) is 32.0 Å². The second-order valence-corrected chi connectivity index (χ2v) is 8.68. The van der Waals surface area contributed by atoms with Gasteiger partial charge in [0.2, 0.25) is 17.7 Å². The standard InChI is InChI=1S/C22H24N2O3/c1-10-4-5-11(2)17(8-10)23-20(25)12(3)24-21(26)18-13-6-7-14(16-9-15(13)16)19(18)22(24)27/h4-8,12-16,18-19H,9H2,1-3H3,(H,23,25)/t12-,13-,14-,15-,16+,18+,19+/m0/s1. The number of anilines is 1. The van der Waals surface area contributed by atoms with Gasteiger partial charge >= 0.3 is 0 Å². The number of benzene rings is 1. The second kappa shape index (κ2) is 5.54. The minimum atomic E-state index is -0.800. The molecule has 1 aromatic rings. The Morgan fingerprint density at radius 1 is 1.07 bits per heavy atom. The number of likely N-dealkylation sites (tertiary alicyclic amines) is 1. The number of hydrogen-bond donors (Lipinski definition) is 1. The fraction of sp³-hybridized carbons (Fsp3) is 0.500. The third-order valence-electron chi connectivity index (χ3n) is 7.11. The van der Waals surface area contributed by atoms with Gasteiger partial charge in [0.05, 0.1) is 11.8 Å². The summed E-state index contributed by atoms with van der Waals surface area (Å²) in [7, 11) is 0. The van der Waals surface area contributed by atoms with Crippen molar-refractivity contribution in [3.05, 3.63) is 41.5 Å². The van der Waals surface area contributed by atoms with E-state index in [0.29, 0.717) is 11.8 Å². The number of nitrogens with zero attached hydrogens (tertiary/aromatic N) is 1. The monoisotopic (exact) mass is 364 g/mol. The van der Waals surface area contributed by atoms with Gasteiger partial charge < -0.3 is 5.32 Å². The molecule has 1 heterocycles. The molecule has 3 fully saturated rings. The zero-order valence-corrected chi connectivity index (χ0v) is 15.8. The van der Waals surface area contributed by atoms with Crippen molar-refractivity contribution in [3.63, 3.8) is 0 Å². The zero-order chi connectivity index (χ0) is 19.0. The van der Waals surface area contributed by atoms with Crippen molar-refractivity contribution in [2.75, 3.05) is 5.32 Å². The van der Waals surface area contributed by atoms with E-state index >= 15 is 0 Å². The number of carbonyl (C=O) groups is 3. The lowest BCUT2D eigenvalue weighted by Crippen LogP contribution is -2.46. The van der Waals surface area contributed by atoms with Gasteiger partial charge in [0.1, 0.15) is 6.04 Å². The van der Waals surface area contributed by atoms with E-state index < -0.39 is 6.04 Å². The smallest absolute Gasteiger partial charge is 0.247 e. The molecule has 3 amide bonds. The molecule has 0 aromatic heterocycles. The Kier molecular flexibility index (Phi) is 3.43. The van der Waals surface area contributed by atoms with Crippen LogP contribution in [0.4, 0.5) is 5.69 Å². The van der Waals surface area contributed by atoms with Crippen LogP contribution in [0.25, 0.3) is 0 Å². The van der Waals surface area contributed by atoms with Crippen LogP contribution in [-0.4, -0.2) is 28.7 Å². The Balaban J connectivity index is 1.39. The first kappa shape index (κ1) is 16.7. The molecule has 5 nitrogen and oxygen atoms in total. The Labute approximate surface area is 158 Å². The summed E-state index contributed by atoms with van der Waals surface area (Å²) in [5.41, 5.74) is 2.73. The van der Waals surface area contributed by atoms with Crippen molar-refractivity contribution < 1.29 is 14.4 Å². The molecule has 2 bridgehead atoms. The van der Waals surface area contributed by atoms with Gasteiger partial charge in [-0.15, -0.1) is 0 Å². The topological polar surface area (TPSA) is 66.5 Å². The highest BCUT2D eigenvalue weighted by atomic mass is 16.2. The highest BCUT2D eigenvalue weighted by Crippen LogP contribution is 2.65. The minimum absolute atomic E-state index is 0.154. The molecule has 27 heavy (non-hydrogen) atoms. The third kappa shape index (κ3) is 2.27. The van der Waals surface area contributed by atoms with E-state index in [-0.39, 0.29) is 41.4 Å². The predicted octanol–water partition coefficient (Wildman–Crippen LogP) is 2.68. The first-order valence-corrected chi connectivity index (χ1v) is 9.82. The van der Waals surface area contributed by atoms with E-state index in [1.165, 1.54) is 4.90 Å². The largest absolute Gasteiger partial charge is 0.324 e. The Hall–Kier alpha value is -2.43. The molecule has 5 heteroatoms. The van der Waals surface area contributed by atoms with Crippen LogP contribution in [0.5, 0.6) is 0 Å². The summed E-state index contributed by atoms with van der Waals surface area (Å²) in [6.07, 6.45) is 5.43. The van der Waals surface area contributed by atoms with Crippen LogP contribution in [0.15, 0.2) is 30.4 Å². The number of carbonyl (C=O) groups excluding carboxylic acids is 3. The molecule has 7 atom stereocenters. The number of imide groups is 1. The normalized spacial score (nSPS) is 36.5. The molecule has 5 aliphatic rings. The van der Waals surface area contributed by atoms with Crippen LogP contribution >= 0.6 is 0 Å². The highest BCUT2D eigenvalue weighted by Gasteiger charge is 2.67. The maximum absolute atomic E-state index is 13.1. The van der Waals surface area contributed by atoms with Crippen molar-refractivity contribution in [3.8, 4) is 0 Å². The second-order valence-electron chi connectivity index (χ2n) is 8.68. The lowest BCUT2D eigenvalue weighted by atomic mass is 9.63. The fourth-order valence-corrected chi connectivity index (χ4v) is 5.59. The van der Waals surface area contributed by atoms with Crippen LogP contribution < -0.4 is 5.32 Å². The molecule has 4 aliphatic carbocycles. The molecule has 0 spiro atoms. The summed E-state index contributed by atoms with van der Waals surface area (Å²) in [6.45, 7) is 5.55. The van der Waals surface area contributed by atoms with Crippen molar-refractivity contribution in [2.45, 2.75) is 33.2 Å². The van der Waals surface area contributed by atoms with E-state index in [1.54, 1.807) is 6.92 Å². The molecule has 0 unspecified atom stereocenters. The van der Waals surface area contributed by atoms with Gasteiger partial charge in [-0.05, 0) is 68.1 Å². The summed E-state index contributed by atoms with van der Waals surface area (Å²) in [5.74, 6) is 0.362. The fourth-order valence-electron chi connectivity index (χ4n) is 5.59. The molecule has 1 aliphatic heterocycles. The van der Waals surface area contributed by atoms with Crippen LogP contribution in [-0.2, 0) is 14.4 Å². The summed E-state index contributed by atoms with van der Waals surface area (Å²) >= 11 is 0. The van der Waals surface area contributed by atoms with E-state index in [0.717, 1.165) is 23.2 Å². The van der Waals surface area contributed by atoms with Crippen LogP contribution in [0, 0.1) is 49.4 Å². The van der Waals surface area contributed by atoms with Gasteiger partial charge in [0, 0.05) is 5.69 Å². The molecule has 1 aromatic carbocycles. The van der Waals surface area contributed by atoms with E-state index in [4.69, 9.17) is 0 Å². The molecule has 6 rings (SSSR count). The number of hydrogen-bond acceptors (Lipinski definition) is 3. The summed E-state index contributed by atoms with van der Waals surface area (Å²) in [6, 6.07) is 5.05. The quantitative estimate of drug-likeness (QED) is 0.662. The van der Waals surface area contributed by atoms with Gasteiger partial charge in [-0.25, -0.2) is 0 Å². The average molecular weight is 364 g/mol. The highest BCUT2D eigenvalue weighted by molar-refractivity contribution is 6.10. The van der Waals surface area contributed by atoms with Crippen molar-refractivity contribution in [1.82, 2.24) is 4.90 Å². The maximum atomic E-state index is 13.1. The Bertz CT molecular complexity index is 869. The van der Waals surface area contributed by atoms with Crippen LogP contribution in [0.1, 0.15) is 24.5 Å². The van der Waals surface area contributed by atoms with Gasteiger partial charge in [-0.2, -0.15) is 0 Å². The molecular formula is C22H24N2O3. The van der Waals surface area contributed by atoms with Gasteiger partial charge in [-0.1, -0.05) is 24.3 Å². The molecule has 2 saturated carbocycles. The number of amides is 3. The number of aryl methyl sites for hydroxylation is 2. The molecule has 1 saturated heterocycles. The predicted molar refractivity (Wildman–Crippen MR) is 101 cm³/mol. The summed E-state index contributed by atoms with van der Waals surface area (Å²) in [5, 5.41) is 2.91. The Morgan fingerprint density at radius 2 is 1.67 bits per heavy atom. The average Bonchev–Trinajstić information content (AvgIpc) is 3.42. The maximum Gasteiger partial charge on any atom is 0.247 e. The third-order valence-corrected chi connectivity index (χ3v) is 7.11. The number of rotatable bonds is 3. The lowest BCUT2D eigenvalue weighted by molar-refractivity contribution is -0.146. The summed E-state index contributed by atoms with van der Waals surface area (Å²) in [4.78, 5) is 40.3. The summed E-state index contributed by atoms with van der Waals surface area (Å²) < 4.78 is 0. The first-order chi connectivity index (χ1) is 12.9. The van der Waals surface area contributed by atoms with Gasteiger partial charge in [-0.3, -0.25) is 19.3 Å². The van der Waals surface area contributed by atoms with Gasteiger partial charge in [0.15, 0.2) is 0 Å². The molecular weight excluding hydrogens is 340 g/mol. The van der Waals surface area contributed by atoms with Crippen molar-refractivity contribution in [1.29, 1.82) is 0 Å². The van der Waals surface area contributed by atoms with E-state index in [9.17, 15) is 14.4 Å². The zero-order valence-electron chi connectivity index (χ0n) is 15.8. The lowest BCUT2D eigenvalue weighted by Gasteiger charge is -2.37. The number of nitrogens with one attached hydrogen (secondary N) is 1. The Morgan fingerprint density at radius 3 is 2.26 bits per heavy atom. The van der Waals surface area contributed by atoms with Crippen LogP contribution in [0.3, 0.4) is 0 Å². The first-order valence-electron chi connectivity index (χ1n) is 9.82.